The molecule has 0 N–H and O–H groups in total. The fraction of sp³-hybridized carbons (Fsp3) is 0.0909. The van der Waals surface area contributed by atoms with E-state index in [0.29, 0.717) is 21.9 Å². The van der Waals surface area contributed by atoms with Crippen LogP contribution in [0.25, 0.3) is 16.9 Å². The molecule has 3 rings (SSSR count). The number of nitrogens with zero attached hydrogens (tertiary/aromatic N) is 3. The number of aryl methyl sites for hydroxylation is 1. The Balaban J connectivity index is 2.39. The summed E-state index contributed by atoms with van der Waals surface area (Å²) in [6, 6.07) is 5.02. The standard InChI is InChI=1S/C11H8ClN3O2/c1-14-5-10(13-6-14)15-8-4-7(12)2-3-9(8)17-11(15)16/h2-6H,1H3. The first kappa shape index (κ1) is 10.2. The lowest BCUT2D eigenvalue weighted by Gasteiger charge is -1.96. The molecule has 17 heavy (non-hydrogen) atoms. The van der Waals surface area contributed by atoms with Crippen molar-refractivity contribution in [2.24, 2.45) is 7.05 Å². The minimum atomic E-state index is -0.471. The summed E-state index contributed by atoms with van der Waals surface area (Å²) < 4.78 is 8.26. The molecule has 0 fully saturated rings. The summed E-state index contributed by atoms with van der Waals surface area (Å²) in [4.78, 5) is 15.9. The first-order chi connectivity index (χ1) is 8.15. The lowest BCUT2D eigenvalue weighted by Crippen LogP contribution is -2.11. The molecule has 0 aliphatic rings. The topological polar surface area (TPSA) is 53.0 Å². The van der Waals surface area contributed by atoms with Crippen molar-refractivity contribution in [2.75, 3.05) is 0 Å². The summed E-state index contributed by atoms with van der Waals surface area (Å²) in [5.74, 6) is 0.0412. The van der Waals surface area contributed by atoms with Crippen LogP contribution in [0.3, 0.4) is 0 Å². The molecule has 0 aliphatic heterocycles. The zero-order valence-electron chi connectivity index (χ0n) is 8.92. The maximum absolute atomic E-state index is 11.8. The summed E-state index contributed by atoms with van der Waals surface area (Å²) in [7, 11) is 1.83. The number of fused-ring (bicyclic) bond motifs is 1. The van der Waals surface area contributed by atoms with E-state index in [0.717, 1.165) is 0 Å². The highest BCUT2D eigenvalue weighted by Crippen LogP contribution is 2.20. The molecule has 0 saturated carbocycles. The highest BCUT2D eigenvalue weighted by Gasteiger charge is 2.12. The monoisotopic (exact) mass is 249 g/mol. The van der Waals surface area contributed by atoms with E-state index < -0.39 is 5.76 Å². The molecule has 1 aromatic carbocycles. The lowest BCUT2D eigenvalue weighted by atomic mass is 10.3. The van der Waals surface area contributed by atoms with Gasteiger partial charge in [0, 0.05) is 18.3 Å². The number of hydrogen-bond acceptors (Lipinski definition) is 3. The van der Waals surface area contributed by atoms with Gasteiger partial charge in [0.05, 0.1) is 11.8 Å². The molecule has 0 aliphatic carbocycles. The van der Waals surface area contributed by atoms with Gasteiger partial charge in [0.2, 0.25) is 0 Å². The predicted octanol–water partition coefficient (Wildman–Crippen LogP) is 1.97. The van der Waals surface area contributed by atoms with Crippen LogP contribution in [0.1, 0.15) is 0 Å². The maximum Gasteiger partial charge on any atom is 0.425 e. The van der Waals surface area contributed by atoms with Crippen LogP contribution in [-0.4, -0.2) is 14.1 Å². The van der Waals surface area contributed by atoms with Crippen LogP contribution in [0, 0.1) is 0 Å². The largest absolute Gasteiger partial charge is 0.425 e. The molecule has 0 amide bonds. The van der Waals surface area contributed by atoms with Crippen molar-refractivity contribution in [2.45, 2.75) is 0 Å². The highest BCUT2D eigenvalue weighted by molar-refractivity contribution is 6.31. The van der Waals surface area contributed by atoms with Gasteiger partial charge in [-0.3, -0.25) is 0 Å². The number of halogens is 1. The van der Waals surface area contributed by atoms with Gasteiger partial charge in [-0.25, -0.2) is 14.3 Å². The van der Waals surface area contributed by atoms with Crippen molar-refractivity contribution in [1.29, 1.82) is 0 Å². The zero-order chi connectivity index (χ0) is 12.0. The number of oxazole rings is 1. The molecule has 2 heterocycles. The van der Waals surface area contributed by atoms with Crippen LogP contribution >= 0.6 is 11.6 Å². The third-order valence-electron chi connectivity index (χ3n) is 2.46. The second-order valence-electron chi connectivity index (χ2n) is 3.71. The third-order valence-corrected chi connectivity index (χ3v) is 2.70. The summed E-state index contributed by atoms with van der Waals surface area (Å²) in [6.45, 7) is 0. The Labute approximate surface area is 101 Å². The quantitative estimate of drug-likeness (QED) is 0.663. The van der Waals surface area contributed by atoms with E-state index in [1.54, 1.807) is 35.3 Å². The number of hydrogen-bond donors (Lipinski definition) is 0. The minimum Gasteiger partial charge on any atom is -0.407 e. The minimum absolute atomic E-state index is 0.471. The van der Waals surface area contributed by atoms with Gasteiger partial charge >= 0.3 is 5.76 Å². The van der Waals surface area contributed by atoms with Crippen LogP contribution < -0.4 is 5.76 Å². The van der Waals surface area contributed by atoms with E-state index in [4.69, 9.17) is 16.0 Å². The van der Waals surface area contributed by atoms with E-state index in [1.807, 2.05) is 7.05 Å². The van der Waals surface area contributed by atoms with Crippen molar-refractivity contribution >= 4 is 22.7 Å². The van der Waals surface area contributed by atoms with E-state index in [-0.39, 0.29) is 0 Å². The molecule has 2 aromatic heterocycles. The predicted molar refractivity (Wildman–Crippen MR) is 63.6 cm³/mol. The van der Waals surface area contributed by atoms with Crippen LogP contribution in [0.4, 0.5) is 0 Å². The van der Waals surface area contributed by atoms with E-state index in [2.05, 4.69) is 4.98 Å². The molecule has 0 atom stereocenters. The Morgan fingerprint density at radius 3 is 2.94 bits per heavy atom. The van der Waals surface area contributed by atoms with Crippen LogP contribution in [0.2, 0.25) is 5.02 Å². The fourth-order valence-electron chi connectivity index (χ4n) is 1.72. The summed E-state index contributed by atoms with van der Waals surface area (Å²) in [5.41, 5.74) is 1.10. The van der Waals surface area contributed by atoms with Gasteiger partial charge < -0.3 is 8.98 Å². The molecule has 5 nitrogen and oxygen atoms in total. The lowest BCUT2D eigenvalue weighted by molar-refractivity contribution is 0.539. The van der Waals surface area contributed by atoms with Crippen LogP contribution in [0.5, 0.6) is 0 Å². The molecular weight excluding hydrogens is 242 g/mol. The Morgan fingerprint density at radius 2 is 2.24 bits per heavy atom. The summed E-state index contributed by atoms with van der Waals surface area (Å²) >= 11 is 5.91. The zero-order valence-corrected chi connectivity index (χ0v) is 9.68. The van der Waals surface area contributed by atoms with Gasteiger partial charge in [0.1, 0.15) is 0 Å². The van der Waals surface area contributed by atoms with Crippen molar-refractivity contribution in [3.63, 3.8) is 0 Å². The van der Waals surface area contributed by atoms with Gasteiger partial charge in [-0.1, -0.05) is 11.6 Å². The molecule has 0 saturated heterocycles. The second-order valence-corrected chi connectivity index (χ2v) is 4.15. The number of imidazole rings is 1. The maximum atomic E-state index is 11.8. The molecule has 3 aromatic rings. The smallest absolute Gasteiger partial charge is 0.407 e. The number of aromatic nitrogens is 3. The van der Waals surface area contributed by atoms with Crippen LogP contribution in [-0.2, 0) is 7.05 Å². The summed E-state index contributed by atoms with van der Waals surface area (Å²) in [6.07, 6.45) is 3.35. The fourth-order valence-corrected chi connectivity index (χ4v) is 1.89. The van der Waals surface area contributed by atoms with Crippen molar-refractivity contribution in [3.05, 3.63) is 46.3 Å². The molecule has 0 bridgehead atoms. The van der Waals surface area contributed by atoms with E-state index in [9.17, 15) is 4.79 Å². The van der Waals surface area contributed by atoms with Gasteiger partial charge in [-0.15, -0.1) is 0 Å². The second kappa shape index (κ2) is 3.49. The Bertz CT molecular complexity index is 754. The first-order valence-corrected chi connectivity index (χ1v) is 5.32. The normalized spacial score (nSPS) is 11.2. The van der Waals surface area contributed by atoms with E-state index in [1.165, 1.54) is 4.57 Å². The van der Waals surface area contributed by atoms with Crippen molar-refractivity contribution < 1.29 is 4.42 Å². The van der Waals surface area contributed by atoms with E-state index >= 15 is 0 Å². The van der Waals surface area contributed by atoms with Crippen molar-refractivity contribution in [1.82, 2.24) is 14.1 Å². The van der Waals surface area contributed by atoms with Crippen molar-refractivity contribution in [3.8, 4) is 5.82 Å². The SMILES string of the molecule is Cn1cnc(-n2c(=O)oc3ccc(Cl)cc32)c1. The molecule has 0 spiro atoms. The Morgan fingerprint density at radius 1 is 1.41 bits per heavy atom. The molecule has 6 heteroatoms. The highest BCUT2D eigenvalue weighted by atomic mass is 35.5. The Hall–Kier alpha value is -2.01. The average Bonchev–Trinajstić information content (AvgIpc) is 2.81. The van der Waals surface area contributed by atoms with Crippen LogP contribution in [0.15, 0.2) is 39.9 Å². The summed E-state index contributed by atoms with van der Waals surface area (Å²) in [5, 5.41) is 0.544. The molecule has 0 unspecified atom stereocenters. The van der Waals surface area contributed by atoms with Gasteiger partial charge in [0.25, 0.3) is 0 Å². The van der Waals surface area contributed by atoms with Gasteiger partial charge in [0.15, 0.2) is 11.4 Å². The molecule has 86 valence electrons. The Kier molecular flexibility index (Phi) is 2.09. The molecule has 0 radical (unpaired) electrons. The number of rotatable bonds is 1. The first-order valence-electron chi connectivity index (χ1n) is 4.94. The molecular formula is C11H8ClN3O2. The van der Waals surface area contributed by atoms with Gasteiger partial charge in [-0.05, 0) is 18.2 Å². The average molecular weight is 250 g/mol. The number of benzene rings is 1. The third kappa shape index (κ3) is 1.55. The van der Waals surface area contributed by atoms with Gasteiger partial charge in [-0.2, -0.15) is 0 Å².